The highest BCUT2D eigenvalue weighted by Gasteiger charge is 2.13. The van der Waals surface area contributed by atoms with E-state index in [4.69, 9.17) is 9.88 Å². The van der Waals surface area contributed by atoms with Crippen molar-refractivity contribution < 1.29 is 17.9 Å². The third-order valence-electron chi connectivity index (χ3n) is 2.94. The van der Waals surface area contributed by atoms with Crippen LogP contribution in [0.4, 0.5) is 0 Å². The number of hydrogen-bond donors (Lipinski definition) is 2. The maximum Gasteiger partial charge on any atom is 0.258 e. The smallest absolute Gasteiger partial charge is 0.258 e. The molecular formula is C13H19BrN2O4S. The van der Waals surface area contributed by atoms with E-state index in [1.165, 1.54) is 18.2 Å². The molecule has 6 nitrogen and oxygen atoms in total. The number of benzene rings is 1. The highest BCUT2D eigenvalue weighted by molar-refractivity contribution is 9.10. The molecule has 0 spiro atoms. The van der Waals surface area contributed by atoms with E-state index in [0.29, 0.717) is 10.2 Å². The lowest BCUT2D eigenvalue weighted by molar-refractivity contribution is -0.123. The standard InChI is InChI=1S/C13H19BrN2O4S/c1-3-9(4-2)16-13(17)8-20-12-6-5-10(7-11(12)14)21(15,18)19/h5-7,9H,3-4,8H2,1-2H3,(H,16,17)(H2,15,18,19). The number of amides is 1. The summed E-state index contributed by atoms with van der Waals surface area (Å²) in [6, 6.07) is 4.25. The van der Waals surface area contributed by atoms with Gasteiger partial charge in [0.2, 0.25) is 10.0 Å². The van der Waals surface area contributed by atoms with Gasteiger partial charge in [0.15, 0.2) is 6.61 Å². The topological polar surface area (TPSA) is 98.5 Å². The maximum atomic E-state index is 11.7. The summed E-state index contributed by atoms with van der Waals surface area (Å²) >= 11 is 3.19. The van der Waals surface area contributed by atoms with Crippen LogP contribution in [0.5, 0.6) is 5.75 Å². The number of carbonyl (C=O) groups is 1. The zero-order chi connectivity index (χ0) is 16.0. The van der Waals surface area contributed by atoms with Gasteiger partial charge in [-0.15, -0.1) is 0 Å². The Morgan fingerprint density at radius 3 is 2.48 bits per heavy atom. The molecule has 8 heteroatoms. The van der Waals surface area contributed by atoms with Crippen LogP contribution in [0.2, 0.25) is 0 Å². The van der Waals surface area contributed by atoms with E-state index in [9.17, 15) is 13.2 Å². The molecule has 0 aliphatic carbocycles. The molecule has 0 heterocycles. The Labute approximate surface area is 133 Å². The second-order valence-corrected chi connectivity index (χ2v) is 6.92. The van der Waals surface area contributed by atoms with Gasteiger partial charge in [-0.3, -0.25) is 4.79 Å². The van der Waals surface area contributed by atoms with Crippen molar-refractivity contribution in [3.8, 4) is 5.75 Å². The molecule has 0 aromatic heterocycles. The van der Waals surface area contributed by atoms with Crippen LogP contribution in [0.1, 0.15) is 26.7 Å². The van der Waals surface area contributed by atoms with E-state index in [0.717, 1.165) is 12.8 Å². The van der Waals surface area contributed by atoms with Crippen LogP contribution in [-0.2, 0) is 14.8 Å². The van der Waals surface area contributed by atoms with Crippen LogP contribution in [0.3, 0.4) is 0 Å². The van der Waals surface area contributed by atoms with Crippen LogP contribution in [0.15, 0.2) is 27.6 Å². The molecule has 0 saturated heterocycles. The van der Waals surface area contributed by atoms with Crippen LogP contribution < -0.4 is 15.2 Å². The number of ether oxygens (including phenoxy) is 1. The average Bonchev–Trinajstić information content (AvgIpc) is 2.42. The quantitative estimate of drug-likeness (QED) is 0.755. The van der Waals surface area contributed by atoms with Crippen molar-refractivity contribution in [2.45, 2.75) is 37.6 Å². The molecule has 0 bridgehead atoms. The van der Waals surface area contributed by atoms with Crippen molar-refractivity contribution >= 4 is 31.9 Å². The zero-order valence-corrected chi connectivity index (χ0v) is 14.3. The van der Waals surface area contributed by atoms with Crippen molar-refractivity contribution in [1.29, 1.82) is 0 Å². The van der Waals surface area contributed by atoms with Crippen molar-refractivity contribution in [3.63, 3.8) is 0 Å². The van der Waals surface area contributed by atoms with E-state index < -0.39 is 10.0 Å². The molecule has 118 valence electrons. The number of halogens is 1. The minimum atomic E-state index is -3.76. The van der Waals surface area contributed by atoms with Gasteiger partial charge >= 0.3 is 0 Å². The van der Waals surface area contributed by atoms with Gasteiger partial charge in [0.05, 0.1) is 9.37 Å². The number of hydrogen-bond acceptors (Lipinski definition) is 4. The summed E-state index contributed by atoms with van der Waals surface area (Å²) < 4.78 is 28.2. The van der Waals surface area contributed by atoms with Crippen molar-refractivity contribution in [2.24, 2.45) is 5.14 Å². The summed E-state index contributed by atoms with van der Waals surface area (Å²) in [7, 11) is -3.76. The highest BCUT2D eigenvalue weighted by atomic mass is 79.9. The molecule has 0 fully saturated rings. The predicted octanol–water partition coefficient (Wildman–Crippen LogP) is 1.78. The van der Waals surface area contributed by atoms with Crippen LogP contribution >= 0.6 is 15.9 Å². The molecule has 0 unspecified atom stereocenters. The first-order chi connectivity index (χ1) is 9.77. The monoisotopic (exact) mass is 378 g/mol. The van der Waals surface area contributed by atoms with Gasteiger partial charge in [-0.2, -0.15) is 0 Å². The number of primary sulfonamides is 1. The van der Waals surface area contributed by atoms with E-state index in [-0.39, 0.29) is 23.5 Å². The molecule has 1 aromatic rings. The average molecular weight is 379 g/mol. The Bertz CT molecular complexity index is 600. The second kappa shape index (κ2) is 7.77. The number of rotatable bonds is 7. The fourth-order valence-corrected chi connectivity index (χ4v) is 2.87. The summed E-state index contributed by atoms with van der Waals surface area (Å²) in [5.74, 6) is 0.160. The molecule has 0 aliphatic rings. The molecule has 0 radical (unpaired) electrons. The summed E-state index contributed by atoms with van der Waals surface area (Å²) in [4.78, 5) is 11.7. The molecule has 1 rings (SSSR count). The van der Waals surface area contributed by atoms with E-state index in [1.54, 1.807) is 0 Å². The van der Waals surface area contributed by atoms with Crippen molar-refractivity contribution in [2.75, 3.05) is 6.61 Å². The summed E-state index contributed by atoms with van der Waals surface area (Å²) in [6.07, 6.45) is 1.71. The van der Waals surface area contributed by atoms with Crippen LogP contribution in [-0.4, -0.2) is 27.0 Å². The predicted molar refractivity (Wildman–Crippen MR) is 83.5 cm³/mol. The van der Waals surface area contributed by atoms with Gasteiger partial charge in [0.25, 0.3) is 5.91 Å². The van der Waals surface area contributed by atoms with Gasteiger partial charge in [-0.05, 0) is 47.0 Å². The number of carbonyl (C=O) groups excluding carboxylic acids is 1. The maximum absolute atomic E-state index is 11.7. The third-order valence-corrected chi connectivity index (χ3v) is 4.47. The van der Waals surface area contributed by atoms with Crippen LogP contribution in [0.25, 0.3) is 0 Å². The number of nitrogens with two attached hydrogens (primary N) is 1. The molecule has 0 saturated carbocycles. The molecule has 1 aromatic carbocycles. The lowest BCUT2D eigenvalue weighted by Crippen LogP contribution is -2.37. The van der Waals surface area contributed by atoms with Gasteiger partial charge in [0, 0.05) is 6.04 Å². The summed E-state index contributed by atoms with van der Waals surface area (Å²) in [5.41, 5.74) is 0. The number of sulfonamides is 1. The molecule has 0 atom stereocenters. The van der Waals surface area contributed by atoms with Gasteiger partial charge in [-0.1, -0.05) is 13.8 Å². The van der Waals surface area contributed by atoms with Crippen molar-refractivity contribution in [1.82, 2.24) is 5.32 Å². The minimum Gasteiger partial charge on any atom is -0.483 e. The molecule has 0 aliphatic heterocycles. The minimum absolute atomic E-state index is 0.0248. The van der Waals surface area contributed by atoms with E-state index in [2.05, 4.69) is 21.2 Å². The van der Waals surface area contributed by atoms with E-state index in [1.807, 2.05) is 13.8 Å². The Hall–Kier alpha value is -1.12. The Balaban J connectivity index is 2.66. The first kappa shape index (κ1) is 17.9. The second-order valence-electron chi connectivity index (χ2n) is 4.51. The molecule has 1 amide bonds. The van der Waals surface area contributed by atoms with Crippen molar-refractivity contribution in [3.05, 3.63) is 22.7 Å². The highest BCUT2D eigenvalue weighted by Crippen LogP contribution is 2.27. The lowest BCUT2D eigenvalue weighted by atomic mass is 10.2. The first-order valence-corrected chi connectivity index (χ1v) is 8.86. The Kier molecular flexibility index (Phi) is 6.63. The summed E-state index contributed by atoms with van der Waals surface area (Å²) in [6.45, 7) is 3.86. The van der Waals surface area contributed by atoms with Gasteiger partial charge in [0.1, 0.15) is 5.75 Å². The molecular weight excluding hydrogens is 360 g/mol. The third kappa shape index (κ3) is 5.64. The number of nitrogens with one attached hydrogen (secondary N) is 1. The SMILES string of the molecule is CCC(CC)NC(=O)COc1ccc(S(N)(=O)=O)cc1Br. The first-order valence-electron chi connectivity index (χ1n) is 6.52. The lowest BCUT2D eigenvalue weighted by Gasteiger charge is -2.15. The molecule has 3 N–H and O–H groups in total. The zero-order valence-electron chi connectivity index (χ0n) is 11.9. The molecule has 21 heavy (non-hydrogen) atoms. The van der Waals surface area contributed by atoms with Gasteiger partial charge in [-0.25, -0.2) is 13.6 Å². The van der Waals surface area contributed by atoms with Gasteiger partial charge < -0.3 is 10.1 Å². The van der Waals surface area contributed by atoms with E-state index >= 15 is 0 Å². The fourth-order valence-electron chi connectivity index (χ4n) is 1.68. The Morgan fingerprint density at radius 1 is 1.38 bits per heavy atom. The largest absolute Gasteiger partial charge is 0.483 e. The summed E-state index contributed by atoms with van der Waals surface area (Å²) in [5, 5.41) is 7.88. The fraction of sp³-hybridized carbons (Fsp3) is 0.462. The van der Waals surface area contributed by atoms with Crippen LogP contribution in [0, 0.1) is 0 Å². The normalized spacial score (nSPS) is 11.5. The Morgan fingerprint density at radius 2 is 2.00 bits per heavy atom.